The van der Waals surface area contributed by atoms with Crippen molar-refractivity contribution in [3.63, 3.8) is 0 Å². The first-order chi connectivity index (χ1) is 12.2. The van der Waals surface area contributed by atoms with Crippen molar-refractivity contribution in [1.82, 2.24) is 20.0 Å². The summed E-state index contributed by atoms with van der Waals surface area (Å²) < 4.78 is 1.23. The molecule has 0 spiro atoms. The number of amides is 1. The zero-order valence-corrected chi connectivity index (χ0v) is 14.6. The molecule has 1 aliphatic rings. The van der Waals surface area contributed by atoms with Gasteiger partial charge in [0.2, 0.25) is 5.91 Å². The molecule has 1 aromatic carbocycles. The molecule has 0 bridgehead atoms. The SMILES string of the molecule is O=C(Cn1ncc2ccccc2c1=O)NCCCN1CCCCCC1. The molecule has 2 heterocycles. The molecule has 134 valence electrons. The van der Waals surface area contributed by atoms with E-state index in [0.29, 0.717) is 11.9 Å². The van der Waals surface area contributed by atoms with Gasteiger partial charge in [0.1, 0.15) is 6.54 Å². The van der Waals surface area contributed by atoms with E-state index in [-0.39, 0.29) is 18.0 Å². The summed E-state index contributed by atoms with van der Waals surface area (Å²) >= 11 is 0. The third-order valence-corrected chi connectivity index (χ3v) is 4.73. The van der Waals surface area contributed by atoms with Crippen LogP contribution in [0.2, 0.25) is 0 Å². The first-order valence-electron chi connectivity index (χ1n) is 9.18. The molecule has 1 aliphatic heterocycles. The van der Waals surface area contributed by atoms with E-state index in [1.165, 1.54) is 43.5 Å². The van der Waals surface area contributed by atoms with Gasteiger partial charge in [-0.25, -0.2) is 4.68 Å². The van der Waals surface area contributed by atoms with Crippen molar-refractivity contribution in [2.75, 3.05) is 26.2 Å². The number of carbonyl (C=O) groups is 1. The van der Waals surface area contributed by atoms with Crippen LogP contribution in [0.3, 0.4) is 0 Å². The molecule has 1 amide bonds. The second-order valence-corrected chi connectivity index (χ2v) is 6.65. The Hall–Kier alpha value is -2.21. The molecular weight excluding hydrogens is 316 g/mol. The van der Waals surface area contributed by atoms with Crippen molar-refractivity contribution < 1.29 is 4.79 Å². The summed E-state index contributed by atoms with van der Waals surface area (Å²) in [5, 5.41) is 8.37. The predicted octanol–water partition coefficient (Wildman–Crippen LogP) is 1.78. The molecule has 1 saturated heterocycles. The van der Waals surface area contributed by atoms with Gasteiger partial charge < -0.3 is 10.2 Å². The highest BCUT2D eigenvalue weighted by Gasteiger charge is 2.10. The van der Waals surface area contributed by atoms with Crippen LogP contribution >= 0.6 is 0 Å². The van der Waals surface area contributed by atoms with Crippen LogP contribution in [0.15, 0.2) is 35.3 Å². The minimum atomic E-state index is -0.224. The topological polar surface area (TPSA) is 67.2 Å². The molecule has 0 atom stereocenters. The lowest BCUT2D eigenvalue weighted by atomic mass is 10.2. The highest BCUT2D eigenvalue weighted by molar-refractivity contribution is 5.81. The fraction of sp³-hybridized carbons (Fsp3) is 0.526. The summed E-state index contributed by atoms with van der Waals surface area (Å²) in [5.41, 5.74) is -0.224. The fourth-order valence-electron chi connectivity index (χ4n) is 3.32. The first-order valence-corrected chi connectivity index (χ1v) is 9.18. The summed E-state index contributed by atoms with van der Waals surface area (Å²) in [5.74, 6) is -0.166. The molecular formula is C19H26N4O2. The van der Waals surface area contributed by atoms with Crippen LogP contribution in [0.25, 0.3) is 10.8 Å². The summed E-state index contributed by atoms with van der Waals surface area (Å²) in [6.45, 7) is 3.97. The average molecular weight is 342 g/mol. The van der Waals surface area contributed by atoms with Crippen LogP contribution in [0.5, 0.6) is 0 Å². The van der Waals surface area contributed by atoms with E-state index < -0.39 is 0 Å². The maximum atomic E-state index is 12.3. The monoisotopic (exact) mass is 342 g/mol. The summed E-state index contributed by atoms with van der Waals surface area (Å²) in [6.07, 6.45) is 7.79. The van der Waals surface area contributed by atoms with E-state index in [1.54, 1.807) is 12.3 Å². The highest BCUT2D eigenvalue weighted by Crippen LogP contribution is 2.09. The number of likely N-dealkylation sites (tertiary alicyclic amines) is 1. The van der Waals surface area contributed by atoms with E-state index in [1.807, 2.05) is 18.2 Å². The van der Waals surface area contributed by atoms with Crippen LogP contribution < -0.4 is 10.9 Å². The predicted molar refractivity (Wildman–Crippen MR) is 98.5 cm³/mol. The Labute approximate surface area is 147 Å². The highest BCUT2D eigenvalue weighted by atomic mass is 16.2. The number of rotatable bonds is 6. The normalized spacial score (nSPS) is 15.8. The first kappa shape index (κ1) is 17.6. The Morgan fingerprint density at radius 1 is 1.12 bits per heavy atom. The van der Waals surface area contributed by atoms with E-state index in [4.69, 9.17) is 0 Å². The molecule has 1 N–H and O–H groups in total. The molecule has 1 fully saturated rings. The molecule has 6 heteroatoms. The Balaban J connectivity index is 1.46. The summed E-state index contributed by atoms with van der Waals surface area (Å²) in [4.78, 5) is 26.9. The minimum absolute atomic E-state index is 0.0343. The van der Waals surface area contributed by atoms with Gasteiger partial charge in [-0.1, -0.05) is 31.0 Å². The van der Waals surface area contributed by atoms with Gasteiger partial charge in [-0.3, -0.25) is 9.59 Å². The van der Waals surface area contributed by atoms with E-state index in [2.05, 4.69) is 15.3 Å². The van der Waals surface area contributed by atoms with E-state index in [0.717, 1.165) is 18.4 Å². The van der Waals surface area contributed by atoms with Crippen molar-refractivity contribution in [3.8, 4) is 0 Å². The quantitative estimate of drug-likeness (QED) is 0.813. The molecule has 1 aromatic heterocycles. The van der Waals surface area contributed by atoms with Crippen LogP contribution in [-0.4, -0.2) is 46.8 Å². The number of nitrogens with zero attached hydrogens (tertiary/aromatic N) is 3. The Morgan fingerprint density at radius 3 is 2.68 bits per heavy atom. The molecule has 0 unspecified atom stereocenters. The Bertz CT molecular complexity index is 763. The minimum Gasteiger partial charge on any atom is -0.354 e. The maximum Gasteiger partial charge on any atom is 0.275 e. The standard InChI is InChI=1S/C19H26N4O2/c24-18(20-10-7-13-22-11-5-1-2-6-12-22)15-23-19(25)17-9-4-3-8-16(17)14-21-23/h3-4,8-9,14H,1-2,5-7,10-13,15H2,(H,20,24). The third kappa shape index (κ3) is 4.89. The van der Waals surface area contributed by atoms with Gasteiger partial charge in [0, 0.05) is 11.9 Å². The number of fused-ring (bicyclic) bond motifs is 1. The van der Waals surface area contributed by atoms with Crippen LogP contribution in [0, 0.1) is 0 Å². The van der Waals surface area contributed by atoms with E-state index >= 15 is 0 Å². The van der Waals surface area contributed by atoms with Crippen LogP contribution in [-0.2, 0) is 11.3 Å². The Morgan fingerprint density at radius 2 is 1.88 bits per heavy atom. The lowest BCUT2D eigenvalue weighted by Gasteiger charge is -2.19. The molecule has 3 rings (SSSR count). The number of hydrogen-bond donors (Lipinski definition) is 1. The molecule has 0 saturated carbocycles. The van der Waals surface area contributed by atoms with Crippen molar-refractivity contribution in [2.45, 2.75) is 38.6 Å². The van der Waals surface area contributed by atoms with Gasteiger partial charge in [-0.05, 0) is 45.0 Å². The molecule has 25 heavy (non-hydrogen) atoms. The largest absolute Gasteiger partial charge is 0.354 e. The van der Waals surface area contributed by atoms with Gasteiger partial charge in [-0.15, -0.1) is 0 Å². The van der Waals surface area contributed by atoms with Gasteiger partial charge in [-0.2, -0.15) is 5.10 Å². The Kier molecular flexibility index (Phi) is 6.17. The second-order valence-electron chi connectivity index (χ2n) is 6.65. The average Bonchev–Trinajstić information content (AvgIpc) is 2.90. The van der Waals surface area contributed by atoms with Crippen molar-refractivity contribution in [2.24, 2.45) is 0 Å². The lowest BCUT2D eigenvalue weighted by Crippen LogP contribution is -2.35. The van der Waals surface area contributed by atoms with Crippen molar-refractivity contribution >= 4 is 16.7 Å². The lowest BCUT2D eigenvalue weighted by molar-refractivity contribution is -0.121. The number of aromatic nitrogens is 2. The zero-order valence-electron chi connectivity index (χ0n) is 14.6. The zero-order chi connectivity index (χ0) is 17.5. The van der Waals surface area contributed by atoms with Crippen LogP contribution in [0.1, 0.15) is 32.1 Å². The number of carbonyl (C=O) groups excluding carboxylic acids is 1. The third-order valence-electron chi connectivity index (χ3n) is 4.73. The fourth-order valence-corrected chi connectivity index (χ4v) is 3.32. The van der Waals surface area contributed by atoms with Crippen molar-refractivity contribution in [3.05, 3.63) is 40.8 Å². The van der Waals surface area contributed by atoms with E-state index in [9.17, 15) is 9.59 Å². The summed E-state index contributed by atoms with van der Waals surface area (Å²) in [6, 6.07) is 7.29. The second kappa shape index (κ2) is 8.76. The molecule has 2 aromatic rings. The smallest absolute Gasteiger partial charge is 0.275 e. The summed E-state index contributed by atoms with van der Waals surface area (Å²) in [7, 11) is 0. The molecule has 0 aliphatic carbocycles. The number of hydrogen-bond acceptors (Lipinski definition) is 4. The number of benzene rings is 1. The van der Waals surface area contributed by atoms with Gasteiger partial charge >= 0.3 is 0 Å². The van der Waals surface area contributed by atoms with Gasteiger partial charge in [0.25, 0.3) is 5.56 Å². The maximum absolute atomic E-state index is 12.3. The van der Waals surface area contributed by atoms with Gasteiger partial charge in [0.15, 0.2) is 0 Å². The van der Waals surface area contributed by atoms with Crippen molar-refractivity contribution in [1.29, 1.82) is 0 Å². The number of nitrogens with one attached hydrogen (secondary N) is 1. The van der Waals surface area contributed by atoms with Gasteiger partial charge in [0.05, 0.1) is 11.6 Å². The van der Waals surface area contributed by atoms with Crippen LogP contribution in [0.4, 0.5) is 0 Å². The molecule has 0 radical (unpaired) electrons. The molecule has 6 nitrogen and oxygen atoms in total.